The van der Waals surface area contributed by atoms with Crippen LogP contribution in [0.3, 0.4) is 0 Å². The van der Waals surface area contributed by atoms with Gasteiger partial charge in [0, 0.05) is 22.4 Å². The van der Waals surface area contributed by atoms with E-state index in [-0.39, 0.29) is 6.04 Å². The van der Waals surface area contributed by atoms with E-state index in [1.807, 2.05) is 0 Å². The van der Waals surface area contributed by atoms with Gasteiger partial charge in [-0.25, -0.2) is 0 Å². The fourth-order valence-electron chi connectivity index (χ4n) is 9.91. The highest BCUT2D eigenvalue weighted by molar-refractivity contribution is 6.12. The Morgan fingerprint density at radius 2 is 1.17 bits per heavy atom. The van der Waals surface area contributed by atoms with Crippen LogP contribution in [0.2, 0.25) is 0 Å². The van der Waals surface area contributed by atoms with E-state index in [1.54, 1.807) is 0 Å². The zero-order valence-corrected chi connectivity index (χ0v) is 34.6. The molecule has 0 radical (unpaired) electrons. The first kappa shape index (κ1) is 37.0. The van der Waals surface area contributed by atoms with Crippen molar-refractivity contribution in [1.82, 2.24) is 4.98 Å². The highest BCUT2D eigenvalue weighted by Crippen LogP contribution is 2.62. The van der Waals surface area contributed by atoms with Crippen molar-refractivity contribution in [2.45, 2.75) is 70.8 Å². The molecule has 7 aromatic rings. The smallest absolute Gasteiger partial charge is 0.132 e. The van der Waals surface area contributed by atoms with Crippen LogP contribution in [0.4, 0.5) is 0 Å². The van der Waals surface area contributed by atoms with Gasteiger partial charge in [0.2, 0.25) is 0 Å². The van der Waals surface area contributed by atoms with E-state index >= 15 is 0 Å². The normalized spacial score (nSPS) is 18.4. The van der Waals surface area contributed by atoms with Gasteiger partial charge in [-0.05, 0) is 105 Å². The van der Waals surface area contributed by atoms with Crippen molar-refractivity contribution >= 4 is 11.3 Å². The summed E-state index contributed by atoms with van der Waals surface area (Å²) in [7, 11) is 0. The van der Waals surface area contributed by atoms with Crippen molar-refractivity contribution < 1.29 is 4.74 Å². The number of ether oxygens (including phenoxy) is 1. The number of para-hydroxylation sites is 2. The molecule has 3 aliphatic rings. The van der Waals surface area contributed by atoms with Crippen LogP contribution in [0.15, 0.2) is 169 Å². The number of aromatic nitrogens is 1. The summed E-state index contributed by atoms with van der Waals surface area (Å²) in [5.41, 5.74) is 17.7. The average molecular weight is 767 g/mol. The van der Waals surface area contributed by atoms with E-state index < -0.39 is 5.41 Å². The Morgan fingerprint density at radius 1 is 0.559 bits per heavy atom. The standard InChI is InChI=1S/C56H50N2O/c1-35(2)50-32-31-43(54(57-50)36(3)4)39-27-25-38(26-28-39)41-24-23-37(5)55(58-51(34-41)40-15-7-6-8-16-40)42-29-30-45-44-17-9-10-18-46(44)56(49(45)33-42)47-19-11-13-21-52(47)59-53-22-14-12-20-48(53)56/h6-22,25-37,55H,23-24H2,1-5H3/b41-34+,58-51?. The lowest BCUT2D eigenvalue weighted by Crippen LogP contribution is -2.32. The van der Waals surface area contributed by atoms with Gasteiger partial charge in [0.05, 0.1) is 22.9 Å². The lowest BCUT2D eigenvalue weighted by atomic mass is 9.66. The third kappa shape index (κ3) is 6.18. The second kappa shape index (κ2) is 14.8. The fraction of sp³-hybridized carbons (Fsp3) is 0.214. The van der Waals surface area contributed by atoms with Gasteiger partial charge in [-0.1, -0.05) is 174 Å². The van der Waals surface area contributed by atoms with Gasteiger partial charge in [0.25, 0.3) is 0 Å². The molecule has 1 aromatic heterocycles. The number of aliphatic imine (C=N–C) groups is 1. The summed E-state index contributed by atoms with van der Waals surface area (Å²) >= 11 is 0. The van der Waals surface area contributed by atoms with Crippen molar-refractivity contribution in [3.05, 3.63) is 214 Å². The largest absolute Gasteiger partial charge is 0.457 e. The molecule has 0 saturated carbocycles. The van der Waals surface area contributed by atoms with Crippen LogP contribution >= 0.6 is 0 Å². The molecule has 2 unspecified atom stereocenters. The van der Waals surface area contributed by atoms with Gasteiger partial charge in [0.1, 0.15) is 11.5 Å². The van der Waals surface area contributed by atoms with Crippen LogP contribution in [0.1, 0.15) is 116 Å². The SMILES string of the molecule is CC(C)c1ccc(-c2ccc(/C3=C/C(c4ccccc4)=NC(c4ccc5c(c4)C4(c6ccccc6Oc6ccccc64)c4ccccc4-5)C(C)CC3)cc2)c(C(C)C)n1. The third-order valence-corrected chi connectivity index (χ3v) is 12.9. The van der Waals surface area contributed by atoms with Gasteiger partial charge >= 0.3 is 0 Å². The van der Waals surface area contributed by atoms with E-state index in [9.17, 15) is 0 Å². The van der Waals surface area contributed by atoms with Gasteiger partial charge in [-0.2, -0.15) is 0 Å². The Kier molecular flexibility index (Phi) is 9.28. The molecule has 3 nitrogen and oxygen atoms in total. The topological polar surface area (TPSA) is 34.5 Å². The minimum absolute atomic E-state index is 0.0301. The highest BCUT2D eigenvalue weighted by Gasteiger charge is 2.51. The number of nitrogens with zero attached hydrogens (tertiary/aromatic N) is 2. The minimum Gasteiger partial charge on any atom is -0.457 e. The number of benzene rings is 6. The first-order chi connectivity index (χ1) is 28.8. The molecule has 1 aliphatic carbocycles. The van der Waals surface area contributed by atoms with Crippen LogP contribution in [-0.4, -0.2) is 10.7 Å². The summed E-state index contributed by atoms with van der Waals surface area (Å²) in [6, 6.07) is 57.7. The van der Waals surface area contributed by atoms with Crippen LogP contribution in [-0.2, 0) is 5.41 Å². The predicted molar refractivity (Wildman–Crippen MR) is 244 cm³/mol. The minimum atomic E-state index is -0.508. The molecule has 59 heavy (non-hydrogen) atoms. The van der Waals surface area contributed by atoms with Crippen molar-refractivity contribution in [2.75, 3.05) is 0 Å². The van der Waals surface area contributed by atoms with Crippen LogP contribution in [0.5, 0.6) is 11.5 Å². The van der Waals surface area contributed by atoms with E-state index in [2.05, 4.69) is 198 Å². The number of allylic oxidation sites excluding steroid dienone is 2. The second-order valence-corrected chi connectivity index (χ2v) is 17.3. The number of fused-ring (bicyclic) bond motifs is 9. The average Bonchev–Trinajstić information content (AvgIpc) is 3.55. The first-order valence-electron chi connectivity index (χ1n) is 21.4. The molecule has 0 saturated heterocycles. The number of pyridine rings is 1. The Hall–Kier alpha value is -6.32. The molecular weight excluding hydrogens is 717 g/mol. The van der Waals surface area contributed by atoms with E-state index in [4.69, 9.17) is 14.7 Å². The molecule has 0 amide bonds. The lowest BCUT2D eigenvalue weighted by Gasteiger charge is -2.39. The van der Waals surface area contributed by atoms with Gasteiger partial charge in [0.15, 0.2) is 0 Å². The zero-order valence-electron chi connectivity index (χ0n) is 34.6. The Balaban J connectivity index is 1.09. The first-order valence-corrected chi connectivity index (χ1v) is 21.4. The molecule has 10 rings (SSSR count). The number of hydrogen-bond acceptors (Lipinski definition) is 3. The Labute approximate surface area is 349 Å². The van der Waals surface area contributed by atoms with E-state index in [0.717, 1.165) is 41.3 Å². The molecular formula is C56H50N2O. The maximum atomic E-state index is 6.62. The van der Waals surface area contributed by atoms with Crippen LogP contribution in [0.25, 0.3) is 27.8 Å². The second-order valence-electron chi connectivity index (χ2n) is 17.3. The lowest BCUT2D eigenvalue weighted by molar-refractivity contribution is 0.434. The summed E-state index contributed by atoms with van der Waals surface area (Å²) in [5.74, 6) is 2.86. The van der Waals surface area contributed by atoms with Gasteiger partial charge in [-0.15, -0.1) is 0 Å². The van der Waals surface area contributed by atoms with Crippen molar-refractivity contribution in [3.63, 3.8) is 0 Å². The predicted octanol–water partition coefficient (Wildman–Crippen LogP) is 14.5. The summed E-state index contributed by atoms with van der Waals surface area (Å²) in [4.78, 5) is 10.9. The van der Waals surface area contributed by atoms with Crippen molar-refractivity contribution in [2.24, 2.45) is 10.9 Å². The van der Waals surface area contributed by atoms with Gasteiger partial charge < -0.3 is 4.74 Å². The number of rotatable bonds is 6. The fourth-order valence-corrected chi connectivity index (χ4v) is 9.91. The quantitative estimate of drug-likeness (QED) is 0.169. The number of hydrogen-bond donors (Lipinski definition) is 0. The monoisotopic (exact) mass is 766 g/mol. The maximum Gasteiger partial charge on any atom is 0.132 e. The molecule has 2 aliphatic heterocycles. The molecule has 0 N–H and O–H groups in total. The van der Waals surface area contributed by atoms with E-state index in [0.29, 0.717) is 17.8 Å². The van der Waals surface area contributed by atoms with Crippen LogP contribution < -0.4 is 4.74 Å². The summed E-state index contributed by atoms with van der Waals surface area (Å²) in [6.07, 6.45) is 4.34. The third-order valence-electron chi connectivity index (χ3n) is 12.9. The summed E-state index contributed by atoms with van der Waals surface area (Å²) in [6.45, 7) is 11.3. The van der Waals surface area contributed by atoms with Crippen molar-refractivity contribution in [3.8, 4) is 33.8 Å². The van der Waals surface area contributed by atoms with Crippen molar-refractivity contribution in [1.29, 1.82) is 0 Å². The van der Waals surface area contributed by atoms with E-state index in [1.165, 1.54) is 66.9 Å². The molecule has 6 aromatic carbocycles. The maximum absolute atomic E-state index is 6.62. The molecule has 1 spiro atoms. The molecule has 3 heterocycles. The molecule has 3 heteroatoms. The molecule has 2 atom stereocenters. The molecule has 0 bridgehead atoms. The summed E-state index contributed by atoms with van der Waals surface area (Å²) in [5, 5.41) is 0. The van der Waals surface area contributed by atoms with Gasteiger partial charge in [-0.3, -0.25) is 9.98 Å². The highest BCUT2D eigenvalue weighted by atomic mass is 16.5. The zero-order chi connectivity index (χ0) is 40.3. The summed E-state index contributed by atoms with van der Waals surface area (Å²) < 4.78 is 6.62. The molecule has 290 valence electrons. The van der Waals surface area contributed by atoms with Crippen LogP contribution in [0, 0.1) is 5.92 Å². The Bertz CT molecular complexity index is 2730. The molecule has 0 fully saturated rings. The Morgan fingerprint density at radius 3 is 1.86 bits per heavy atom.